The average Bonchev–Trinajstić information content (AvgIpc) is 2.87. The van der Waals surface area contributed by atoms with Crippen molar-refractivity contribution >= 4 is 34.0 Å². The number of thiazole rings is 1. The van der Waals surface area contributed by atoms with Crippen LogP contribution >= 0.6 is 11.3 Å². The van der Waals surface area contributed by atoms with E-state index in [0.717, 1.165) is 21.8 Å². The lowest BCUT2D eigenvalue weighted by Gasteiger charge is -2.15. The van der Waals surface area contributed by atoms with Gasteiger partial charge in [-0.1, -0.05) is 0 Å². The first-order valence-corrected chi connectivity index (χ1v) is 7.82. The molecule has 2 aromatic rings. The highest BCUT2D eigenvalue weighted by Gasteiger charge is 2.38. The summed E-state index contributed by atoms with van der Waals surface area (Å²) in [6.07, 6.45) is 0. The van der Waals surface area contributed by atoms with E-state index in [1.807, 2.05) is 27.7 Å². The van der Waals surface area contributed by atoms with Gasteiger partial charge in [-0.05, 0) is 51.5 Å². The molecule has 1 aromatic heterocycles. The zero-order chi connectivity index (χ0) is 16.1. The molecule has 2 heterocycles. The summed E-state index contributed by atoms with van der Waals surface area (Å²) in [5.41, 5.74) is 2.43. The van der Waals surface area contributed by atoms with Crippen LogP contribution in [0, 0.1) is 13.8 Å². The molecule has 0 unspecified atom stereocenters. The van der Waals surface area contributed by atoms with Gasteiger partial charge in [-0.25, -0.2) is 4.98 Å². The maximum atomic E-state index is 12.4. The third-order valence-corrected chi connectivity index (χ3v) is 5.01. The number of benzene rings is 1. The van der Waals surface area contributed by atoms with Gasteiger partial charge in [0.15, 0.2) is 5.13 Å². The predicted molar refractivity (Wildman–Crippen MR) is 87.6 cm³/mol. The molecule has 2 N–H and O–H groups in total. The summed E-state index contributed by atoms with van der Waals surface area (Å²) in [7, 11) is 0. The molecule has 1 aromatic carbocycles. The number of aryl methyl sites for hydroxylation is 2. The van der Waals surface area contributed by atoms with E-state index in [-0.39, 0.29) is 11.8 Å². The molecule has 0 aliphatic carbocycles. The highest BCUT2D eigenvalue weighted by molar-refractivity contribution is 7.15. The molecule has 0 atom stereocenters. The highest BCUT2D eigenvalue weighted by atomic mass is 32.1. The first-order chi connectivity index (χ1) is 10.3. The van der Waals surface area contributed by atoms with E-state index >= 15 is 0 Å². The van der Waals surface area contributed by atoms with Crippen LogP contribution in [0.2, 0.25) is 0 Å². The zero-order valence-electron chi connectivity index (χ0n) is 12.9. The Bertz CT molecular complexity index is 773. The van der Waals surface area contributed by atoms with Crippen molar-refractivity contribution in [2.24, 2.45) is 0 Å². The minimum Gasteiger partial charge on any atom is -0.325 e. The molecule has 3 rings (SSSR count). The largest absolute Gasteiger partial charge is 0.325 e. The minimum atomic E-state index is -0.625. The van der Waals surface area contributed by atoms with Crippen molar-refractivity contribution in [2.75, 3.05) is 10.6 Å². The summed E-state index contributed by atoms with van der Waals surface area (Å²) in [6.45, 7) is 7.58. The Morgan fingerprint density at radius 2 is 2.05 bits per heavy atom. The molecule has 1 aliphatic heterocycles. The van der Waals surface area contributed by atoms with Crippen LogP contribution in [-0.4, -0.2) is 16.8 Å². The van der Waals surface area contributed by atoms with Gasteiger partial charge in [0.2, 0.25) is 5.91 Å². The molecule has 22 heavy (non-hydrogen) atoms. The fraction of sp³-hybridized carbons (Fsp3) is 0.312. The summed E-state index contributed by atoms with van der Waals surface area (Å²) in [5.74, 6) is -0.266. The quantitative estimate of drug-likeness (QED) is 0.893. The Hall–Kier alpha value is -2.21. The van der Waals surface area contributed by atoms with Crippen LogP contribution in [0.3, 0.4) is 0 Å². The van der Waals surface area contributed by atoms with Crippen molar-refractivity contribution in [1.82, 2.24) is 4.98 Å². The van der Waals surface area contributed by atoms with E-state index in [1.165, 1.54) is 11.3 Å². The maximum Gasteiger partial charge on any atom is 0.257 e. The number of carbonyl (C=O) groups excluding carboxylic acids is 2. The molecule has 2 amide bonds. The summed E-state index contributed by atoms with van der Waals surface area (Å²) >= 11 is 1.45. The van der Waals surface area contributed by atoms with Crippen LogP contribution < -0.4 is 10.6 Å². The molecule has 0 saturated carbocycles. The zero-order valence-corrected chi connectivity index (χ0v) is 13.7. The van der Waals surface area contributed by atoms with E-state index in [2.05, 4.69) is 15.6 Å². The normalized spacial score (nSPS) is 15.4. The summed E-state index contributed by atoms with van der Waals surface area (Å²) in [4.78, 5) is 29.7. The van der Waals surface area contributed by atoms with Gasteiger partial charge >= 0.3 is 0 Å². The molecule has 0 bridgehead atoms. The van der Waals surface area contributed by atoms with E-state index in [9.17, 15) is 9.59 Å². The second-order valence-corrected chi connectivity index (χ2v) is 7.16. The number of carbonyl (C=O) groups is 2. The number of nitrogens with one attached hydrogen (secondary N) is 2. The molecular weight excluding hydrogens is 298 g/mol. The average molecular weight is 315 g/mol. The molecule has 1 aliphatic rings. The number of rotatable bonds is 2. The third-order valence-electron chi connectivity index (χ3n) is 4.02. The number of anilines is 2. The molecule has 0 spiro atoms. The Labute approximate surface area is 132 Å². The number of hydrogen-bond donors (Lipinski definition) is 2. The van der Waals surface area contributed by atoms with Gasteiger partial charge in [-0.15, -0.1) is 11.3 Å². The van der Waals surface area contributed by atoms with Crippen molar-refractivity contribution in [1.29, 1.82) is 0 Å². The Kier molecular flexibility index (Phi) is 3.29. The van der Waals surface area contributed by atoms with Gasteiger partial charge in [0.05, 0.1) is 11.1 Å². The standard InChI is InChI=1S/C16H17N3O2S/c1-8-9(2)22-15(17-8)19-13(20)10-5-6-12-11(7-10)16(3,4)14(21)18-12/h5-7H,1-4H3,(H,18,21)(H,17,19,20). The number of hydrogen-bond acceptors (Lipinski definition) is 4. The van der Waals surface area contributed by atoms with Crippen LogP contribution in [-0.2, 0) is 10.2 Å². The van der Waals surface area contributed by atoms with Gasteiger partial charge in [-0.3, -0.25) is 14.9 Å². The minimum absolute atomic E-state index is 0.0498. The summed E-state index contributed by atoms with van der Waals surface area (Å²) in [5, 5.41) is 6.24. The SMILES string of the molecule is Cc1nc(NC(=O)c2ccc3c(c2)C(C)(C)C(=O)N3)sc1C. The van der Waals surface area contributed by atoms with Gasteiger partial charge in [0.1, 0.15) is 0 Å². The first-order valence-electron chi connectivity index (χ1n) is 7.00. The Morgan fingerprint density at radius 1 is 1.32 bits per heavy atom. The van der Waals surface area contributed by atoms with E-state index in [1.54, 1.807) is 18.2 Å². The van der Waals surface area contributed by atoms with Crippen molar-refractivity contribution in [3.05, 3.63) is 39.9 Å². The van der Waals surface area contributed by atoms with E-state index in [4.69, 9.17) is 0 Å². The number of nitrogens with zero attached hydrogens (tertiary/aromatic N) is 1. The number of amides is 2. The number of fused-ring (bicyclic) bond motifs is 1. The van der Waals surface area contributed by atoms with Crippen LogP contribution in [0.4, 0.5) is 10.8 Å². The fourth-order valence-corrected chi connectivity index (χ4v) is 3.22. The molecule has 6 heteroatoms. The first kappa shape index (κ1) is 14.7. The molecule has 0 fully saturated rings. The van der Waals surface area contributed by atoms with Gasteiger partial charge < -0.3 is 5.32 Å². The second-order valence-electron chi connectivity index (χ2n) is 5.95. The van der Waals surface area contributed by atoms with Crippen LogP contribution in [0.25, 0.3) is 0 Å². The smallest absolute Gasteiger partial charge is 0.257 e. The molecule has 0 saturated heterocycles. The van der Waals surface area contributed by atoms with Gasteiger partial charge in [0, 0.05) is 16.1 Å². The fourth-order valence-electron chi connectivity index (χ4n) is 2.41. The van der Waals surface area contributed by atoms with Crippen LogP contribution in [0.15, 0.2) is 18.2 Å². The van der Waals surface area contributed by atoms with Crippen molar-refractivity contribution in [3.8, 4) is 0 Å². The van der Waals surface area contributed by atoms with E-state index < -0.39 is 5.41 Å². The van der Waals surface area contributed by atoms with Gasteiger partial charge in [0.25, 0.3) is 5.91 Å². The van der Waals surface area contributed by atoms with Crippen molar-refractivity contribution in [3.63, 3.8) is 0 Å². The summed E-state index contributed by atoms with van der Waals surface area (Å²) < 4.78 is 0. The number of aromatic nitrogens is 1. The summed E-state index contributed by atoms with van der Waals surface area (Å²) in [6, 6.07) is 5.26. The highest BCUT2D eigenvalue weighted by Crippen LogP contribution is 2.37. The Morgan fingerprint density at radius 3 is 2.68 bits per heavy atom. The molecule has 114 valence electrons. The Balaban J connectivity index is 1.89. The van der Waals surface area contributed by atoms with Crippen LogP contribution in [0.1, 0.15) is 40.3 Å². The lowest BCUT2D eigenvalue weighted by Crippen LogP contribution is -2.27. The lowest BCUT2D eigenvalue weighted by molar-refractivity contribution is -0.119. The van der Waals surface area contributed by atoms with Crippen LogP contribution in [0.5, 0.6) is 0 Å². The lowest BCUT2D eigenvalue weighted by atomic mass is 9.85. The molecule has 0 radical (unpaired) electrons. The second kappa shape index (κ2) is 4.91. The van der Waals surface area contributed by atoms with Crippen molar-refractivity contribution in [2.45, 2.75) is 33.1 Å². The maximum absolute atomic E-state index is 12.4. The molecule has 5 nitrogen and oxygen atoms in total. The van der Waals surface area contributed by atoms with E-state index in [0.29, 0.717) is 10.7 Å². The third kappa shape index (κ3) is 2.29. The van der Waals surface area contributed by atoms with Gasteiger partial charge in [-0.2, -0.15) is 0 Å². The van der Waals surface area contributed by atoms with Crippen molar-refractivity contribution < 1.29 is 9.59 Å². The molecular formula is C16H17N3O2S. The topological polar surface area (TPSA) is 71.1 Å². The predicted octanol–water partition coefficient (Wildman–Crippen LogP) is 3.24. The monoisotopic (exact) mass is 315 g/mol.